The lowest BCUT2D eigenvalue weighted by Crippen LogP contribution is -2.37. The second kappa shape index (κ2) is 5.28. The summed E-state index contributed by atoms with van der Waals surface area (Å²) in [5.41, 5.74) is 1.23. The highest BCUT2D eigenvalue weighted by molar-refractivity contribution is 4.99. The van der Waals surface area contributed by atoms with Crippen LogP contribution >= 0.6 is 0 Å². The van der Waals surface area contributed by atoms with E-state index in [2.05, 4.69) is 15.1 Å². The molecule has 0 saturated carbocycles. The fourth-order valence-corrected chi connectivity index (χ4v) is 2.37. The average molecular weight is 209 g/mol. The highest BCUT2D eigenvalue weighted by Crippen LogP contribution is 2.19. The Morgan fingerprint density at radius 2 is 2.53 bits per heavy atom. The lowest BCUT2D eigenvalue weighted by Gasteiger charge is -2.31. The van der Waals surface area contributed by atoms with Crippen LogP contribution in [0.1, 0.15) is 18.5 Å². The van der Waals surface area contributed by atoms with Gasteiger partial charge in [-0.2, -0.15) is 5.10 Å². The average Bonchev–Trinajstić information content (AvgIpc) is 2.71. The van der Waals surface area contributed by atoms with Crippen LogP contribution in [0.25, 0.3) is 0 Å². The molecule has 4 heteroatoms. The molecular weight excluding hydrogens is 190 g/mol. The summed E-state index contributed by atoms with van der Waals surface area (Å²) in [5, 5.41) is 15.9. The maximum Gasteiger partial charge on any atom is 0.0558 e. The van der Waals surface area contributed by atoms with E-state index >= 15 is 0 Å². The number of rotatable bonds is 4. The number of aliphatic hydroxyl groups is 1. The van der Waals surface area contributed by atoms with Gasteiger partial charge in [0.15, 0.2) is 0 Å². The molecule has 1 atom stereocenters. The molecule has 84 valence electrons. The fourth-order valence-electron chi connectivity index (χ4n) is 2.37. The van der Waals surface area contributed by atoms with E-state index in [1.165, 1.54) is 18.5 Å². The Morgan fingerprint density at radius 3 is 3.27 bits per heavy atom. The molecule has 0 aliphatic carbocycles. The molecule has 0 spiro atoms. The Kier molecular flexibility index (Phi) is 3.75. The quantitative estimate of drug-likeness (QED) is 0.766. The Hall–Kier alpha value is -0.870. The van der Waals surface area contributed by atoms with Gasteiger partial charge >= 0.3 is 0 Å². The number of aromatic amines is 1. The Morgan fingerprint density at radius 1 is 1.60 bits per heavy atom. The molecule has 0 amide bonds. The molecule has 0 unspecified atom stereocenters. The molecule has 0 bridgehead atoms. The van der Waals surface area contributed by atoms with Crippen LogP contribution in [0.5, 0.6) is 0 Å². The standard InChI is InChI=1S/C11H19N3O/c15-7-6-14-5-1-2-10(9-14)8-11-3-4-12-13-11/h3-4,10,15H,1-2,5-9H2,(H,12,13)/t10-/m0/s1. The van der Waals surface area contributed by atoms with E-state index in [1.807, 2.05) is 12.3 Å². The number of nitrogens with one attached hydrogen (secondary N) is 1. The van der Waals surface area contributed by atoms with Crippen molar-refractivity contribution in [2.24, 2.45) is 5.92 Å². The highest BCUT2D eigenvalue weighted by atomic mass is 16.3. The van der Waals surface area contributed by atoms with Crippen molar-refractivity contribution < 1.29 is 5.11 Å². The maximum absolute atomic E-state index is 8.90. The summed E-state index contributed by atoms with van der Waals surface area (Å²) in [4.78, 5) is 2.35. The maximum atomic E-state index is 8.90. The van der Waals surface area contributed by atoms with Crippen LogP contribution in [0.3, 0.4) is 0 Å². The molecule has 1 aromatic heterocycles. The van der Waals surface area contributed by atoms with Gasteiger partial charge < -0.3 is 10.0 Å². The van der Waals surface area contributed by atoms with Crippen LogP contribution in [0.2, 0.25) is 0 Å². The molecule has 1 saturated heterocycles. The van der Waals surface area contributed by atoms with Crippen molar-refractivity contribution in [3.8, 4) is 0 Å². The second-order valence-electron chi connectivity index (χ2n) is 4.32. The van der Waals surface area contributed by atoms with Gasteiger partial charge in [0.2, 0.25) is 0 Å². The summed E-state index contributed by atoms with van der Waals surface area (Å²) in [6, 6.07) is 2.05. The molecule has 1 aromatic rings. The number of aliphatic hydroxyl groups excluding tert-OH is 1. The summed E-state index contributed by atoms with van der Waals surface area (Å²) in [6.07, 6.45) is 5.44. The van der Waals surface area contributed by atoms with Gasteiger partial charge in [-0.3, -0.25) is 5.10 Å². The molecule has 1 aliphatic heterocycles. The van der Waals surface area contributed by atoms with Gasteiger partial charge in [0.25, 0.3) is 0 Å². The normalized spacial score (nSPS) is 23.1. The van der Waals surface area contributed by atoms with E-state index in [1.54, 1.807) is 0 Å². The number of H-pyrrole nitrogens is 1. The predicted octanol–water partition coefficient (Wildman–Crippen LogP) is 0.656. The molecule has 1 aliphatic rings. The number of piperidine rings is 1. The van der Waals surface area contributed by atoms with E-state index in [0.29, 0.717) is 5.92 Å². The highest BCUT2D eigenvalue weighted by Gasteiger charge is 2.19. The van der Waals surface area contributed by atoms with Gasteiger partial charge in [0.05, 0.1) is 6.61 Å². The SMILES string of the molecule is OCCN1CCC[C@@H](Cc2ccn[nH]2)C1. The Labute approximate surface area is 90.3 Å². The van der Waals surface area contributed by atoms with E-state index in [0.717, 1.165) is 26.1 Å². The first-order valence-corrected chi connectivity index (χ1v) is 5.70. The summed E-state index contributed by atoms with van der Waals surface area (Å²) in [6.45, 7) is 3.34. The number of nitrogens with zero attached hydrogens (tertiary/aromatic N) is 2. The van der Waals surface area contributed by atoms with Crippen molar-refractivity contribution in [3.63, 3.8) is 0 Å². The number of hydrogen-bond acceptors (Lipinski definition) is 3. The lowest BCUT2D eigenvalue weighted by atomic mass is 9.93. The van der Waals surface area contributed by atoms with Crippen molar-refractivity contribution >= 4 is 0 Å². The molecule has 0 radical (unpaired) electrons. The predicted molar refractivity (Wildman–Crippen MR) is 58.5 cm³/mol. The number of aromatic nitrogens is 2. The first-order valence-electron chi connectivity index (χ1n) is 5.70. The summed E-state index contributed by atoms with van der Waals surface area (Å²) < 4.78 is 0. The zero-order valence-electron chi connectivity index (χ0n) is 9.02. The smallest absolute Gasteiger partial charge is 0.0558 e. The molecule has 0 aromatic carbocycles. The fraction of sp³-hybridized carbons (Fsp3) is 0.727. The van der Waals surface area contributed by atoms with E-state index < -0.39 is 0 Å². The second-order valence-corrected chi connectivity index (χ2v) is 4.32. The van der Waals surface area contributed by atoms with Crippen molar-refractivity contribution in [1.29, 1.82) is 0 Å². The van der Waals surface area contributed by atoms with Gasteiger partial charge in [-0.05, 0) is 37.8 Å². The zero-order valence-corrected chi connectivity index (χ0v) is 9.02. The van der Waals surface area contributed by atoms with Crippen molar-refractivity contribution in [2.75, 3.05) is 26.2 Å². The monoisotopic (exact) mass is 209 g/mol. The summed E-state index contributed by atoms with van der Waals surface area (Å²) in [5.74, 6) is 0.714. The van der Waals surface area contributed by atoms with Crippen LogP contribution in [0, 0.1) is 5.92 Å². The van der Waals surface area contributed by atoms with Crippen LogP contribution in [0.15, 0.2) is 12.3 Å². The minimum Gasteiger partial charge on any atom is -0.395 e. The molecule has 2 N–H and O–H groups in total. The Balaban J connectivity index is 1.82. The molecule has 15 heavy (non-hydrogen) atoms. The van der Waals surface area contributed by atoms with Crippen molar-refractivity contribution in [2.45, 2.75) is 19.3 Å². The lowest BCUT2D eigenvalue weighted by molar-refractivity contribution is 0.139. The molecule has 1 fully saturated rings. The molecule has 2 heterocycles. The van der Waals surface area contributed by atoms with Crippen LogP contribution < -0.4 is 0 Å². The zero-order chi connectivity index (χ0) is 10.5. The van der Waals surface area contributed by atoms with Crippen LogP contribution in [-0.2, 0) is 6.42 Å². The first kappa shape index (κ1) is 10.6. The topological polar surface area (TPSA) is 52.1 Å². The van der Waals surface area contributed by atoms with E-state index in [9.17, 15) is 0 Å². The van der Waals surface area contributed by atoms with Crippen molar-refractivity contribution in [1.82, 2.24) is 15.1 Å². The summed E-state index contributed by atoms with van der Waals surface area (Å²) >= 11 is 0. The summed E-state index contributed by atoms with van der Waals surface area (Å²) in [7, 11) is 0. The molecule has 4 nitrogen and oxygen atoms in total. The third-order valence-corrected chi connectivity index (χ3v) is 3.09. The first-order chi connectivity index (χ1) is 7.38. The van der Waals surface area contributed by atoms with Crippen LogP contribution in [-0.4, -0.2) is 46.4 Å². The minimum atomic E-state index is 0.275. The van der Waals surface area contributed by atoms with E-state index in [-0.39, 0.29) is 6.61 Å². The van der Waals surface area contributed by atoms with Gasteiger partial charge in [0.1, 0.15) is 0 Å². The number of likely N-dealkylation sites (tertiary alicyclic amines) is 1. The molecular formula is C11H19N3O. The van der Waals surface area contributed by atoms with Gasteiger partial charge in [-0.25, -0.2) is 0 Å². The van der Waals surface area contributed by atoms with Crippen LogP contribution in [0.4, 0.5) is 0 Å². The van der Waals surface area contributed by atoms with E-state index in [4.69, 9.17) is 5.11 Å². The minimum absolute atomic E-state index is 0.275. The third-order valence-electron chi connectivity index (χ3n) is 3.09. The van der Waals surface area contributed by atoms with Gasteiger partial charge in [-0.15, -0.1) is 0 Å². The van der Waals surface area contributed by atoms with Gasteiger partial charge in [-0.1, -0.05) is 0 Å². The largest absolute Gasteiger partial charge is 0.395 e. The third kappa shape index (κ3) is 3.04. The number of hydrogen-bond donors (Lipinski definition) is 2. The number of β-amino-alcohol motifs (C(OH)–C–C–N with tert-alkyl or cyclic N) is 1. The van der Waals surface area contributed by atoms with Crippen molar-refractivity contribution in [3.05, 3.63) is 18.0 Å². The molecule has 2 rings (SSSR count). The van der Waals surface area contributed by atoms with Gasteiger partial charge in [0, 0.05) is 25.0 Å². The Bertz CT molecular complexity index is 271.